The lowest BCUT2D eigenvalue weighted by Crippen LogP contribution is -2.35. The monoisotopic (exact) mass is 414 g/mol. The first-order chi connectivity index (χ1) is 14.6. The minimum Gasteiger partial charge on any atom is -0.496 e. The molecule has 2 aromatic carbocycles. The molecule has 5 nitrogen and oxygen atoms in total. The van der Waals surface area contributed by atoms with Gasteiger partial charge in [-0.25, -0.2) is 4.39 Å². The summed E-state index contributed by atoms with van der Waals surface area (Å²) in [6, 6.07) is 12.5. The average Bonchev–Trinajstić information content (AvgIpc) is 2.75. The normalized spacial score (nSPS) is 17.0. The van der Waals surface area contributed by atoms with E-state index in [0.29, 0.717) is 18.9 Å². The van der Waals surface area contributed by atoms with Crippen molar-refractivity contribution in [2.75, 3.05) is 32.6 Å². The van der Waals surface area contributed by atoms with Gasteiger partial charge in [0.2, 0.25) is 5.91 Å². The van der Waals surface area contributed by atoms with Gasteiger partial charge in [0.25, 0.3) is 0 Å². The summed E-state index contributed by atoms with van der Waals surface area (Å²) in [5.41, 5.74) is 2.54. The topological polar surface area (TPSA) is 50.8 Å². The van der Waals surface area contributed by atoms with Crippen molar-refractivity contribution in [3.05, 3.63) is 59.4 Å². The summed E-state index contributed by atoms with van der Waals surface area (Å²) in [7, 11) is 3.36. The third-order valence-corrected chi connectivity index (χ3v) is 5.58. The molecule has 0 radical (unpaired) electrons. The zero-order chi connectivity index (χ0) is 21.3. The van der Waals surface area contributed by atoms with Crippen molar-refractivity contribution in [3.8, 4) is 5.75 Å². The first-order valence-electron chi connectivity index (χ1n) is 10.5. The molecule has 0 spiro atoms. The van der Waals surface area contributed by atoms with Crippen molar-refractivity contribution >= 4 is 11.6 Å². The number of nitrogens with one attached hydrogen (secondary N) is 1. The average molecular weight is 415 g/mol. The Kier molecular flexibility index (Phi) is 8.22. The Labute approximate surface area is 178 Å². The van der Waals surface area contributed by atoms with Crippen LogP contribution in [0.15, 0.2) is 42.5 Å². The van der Waals surface area contributed by atoms with Crippen LogP contribution in [0.4, 0.5) is 10.1 Å². The maximum atomic E-state index is 13.7. The van der Waals surface area contributed by atoms with E-state index in [1.54, 1.807) is 32.4 Å². The number of likely N-dealkylation sites (tertiary alicyclic amines) is 1. The molecule has 1 aliphatic heterocycles. The van der Waals surface area contributed by atoms with Crippen LogP contribution >= 0.6 is 0 Å². The maximum absolute atomic E-state index is 13.7. The summed E-state index contributed by atoms with van der Waals surface area (Å²) in [6.07, 6.45) is 3.48. The minimum atomic E-state index is -0.401. The number of halogens is 1. The van der Waals surface area contributed by atoms with Gasteiger partial charge in [0.15, 0.2) is 0 Å². The fourth-order valence-electron chi connectivity index (χ4n) is 4.10. The number of rotatable bonds is 9. The zero-order valence-electron chi connectivity index (χ0n) is 17.8. The van der Waals surface area contributed by atoms with E-state index in [-0.39, 0.29) is 11.6 Å². The number of para-hydroxylation sites is 1. The number of ether oxygens (including phenoxy) is 2. The van der Waals surface area contributed by atoms with Crippen LogP contribution in [0.3, 0.4) is 0 Å². The third kappa shape index (κ3) is 6.28. The predicted octanol–water partition coefficient (Wildman–Crippen LogP) is 4.61. The van der Waals surface area contributed by atoms with Gasteiger partial charge in [-0.2, -0.15) is 0 Å². The highest BCUT2D eigenvalue weighted by atomic mass is 19.1. The second-order valence-electron chi connectivity index (χ2n) is 7.89. The molecule has 0 aromatic heterocycles. The molecule has 2 aromatic rings. The van der Waals surface area contributed by atoms with Gasteiger partial charge < -0.3 is 14.8 Å². The first kappa shape index (κ1) is 22.2. The molecule has 1 heterocycles. The molecule has 1 aliphatic rings. The number of anilines is 1. The van der Waals surface area contributed by atoms with Crippen molar-refractivity contribution in [1.82, 2.24) is 4.90 Å². The molecule has 1 fully saturated rings. The molecule has 30 heavy (non-hydrogen) atoms. The largest absolute Gasteiger partial charge is 0.496 e. The molecule has 1 saturated heterocycles. The summed E-state index contributed by atoms with van der Waals surface area (Å²) in [5, 5.41) is 2.68. The van der Waals surface area contributed by atoms with E-state index in [1.807, 2.05) is 6.07 Å². The fourth-order valence-corrected chi connectivity index (χ4v) is 4.10. The van der Waals surface area contributed by atoms with Crippen LogP contribution in [-0.4, -0.2) is 38.1 Å². The van der Waals surface area contributed by atoms with E-state index < -0.39 is 5.82 Å². The number of hydrogen-bond acceptors (Lipinski definition) is 4. The summed E-state index contributed by atoms with van der Waals surface area (Å²) in [4.78, 5) is 14.7. The number of amides is 1. The number of piperidine rings is 1. The quantitative estimate of drug-likeness (QED) is 0.651. The van der Waals surface area contributed by atoms with E-state index in [0.717, 1.165) is 50.2 Å². The lowest BCUT2D eigenvalue weighted by atomic mass is 9.93. The minimum absolute atomic E-state index is 0.128. The van der Waals surface area contributed by atoms with Crippen molar-refractivity contribution in [1.29, 1.82) is 0 Å². The van der Waals surface area contributed by atoms with Crippen LogP contribution < -0.4 is 10.1 Å². The Bertz CT molecular complexity index is 843. The molecule has 1 amide bonds. The highest BCUT2D eigenvalue weighted by Crippen LogP contribution is 2.25. The molecule has 6 heteroatoms. The van der Waals surface area contributed by atoms with Gasteiger partial charge >= 0.3 is 0 Å². The van der Waals surface area contributed by atoms with E-state index in [9.17, 15) is 9.18 Å². The standard InChI is InChI=1S/C24H31FN2O3/c1-29-17-20-14-19(9-11-23(20)30-2)16-27-13-5-6-18(15-27)10-12-24(28)26-22-8-4-3-7-21(22)25/h3-4,7-9,11,14,18H,5-6,10,12-13,15-17H2,1-2H3,(H,26,28). The van der Waals surface area contributed by atoms with Crippen molar-refractivity contribution < 1.29 is 18.7 Å². The number of carbonyl (C=O) groups is 1. The number of carbonyl (C=O) groups excluding carboxylic acids is 1. The molecule has 0 bridgehead atoms. The number of methoxy groups -OCH3 is 2. The molecular weight excluding hydrogens is 383 g/mol. The maximum Gasteiger partial charge on any atom is 0.224 e. The Hall–Kier alpha value is -2.44. The molecule has 0 saturated carbocycles. The lowest BCUT2D eigenvalue weighted by Gasteiger charge is -2.33. The van der Waals surface area contributed by atoms with Crippen LogP contribution in [0.5, 0.6) is 5.75 Å². The Morgan fingerprint density at radius 2 is 2.07 bits per heavy atom. The van der Waals surface area contributed by atoms with Gasteiger partial charge in [-0.1, -0.05) is 18.2 Å². The predicted molar refractivity (Wildman–Crippen MR) is 116 cm³/mol. The third-order valence-electron chi connectivity index (χ3n) is 5.58. The molecule has 1 atom stereocenters. The molecule has 3 rings (SSSR count). The van der Waals surface area contributed by atoms with E-state index >= 15 is 0 Å². The van der Waals surface area contributed by atoms with Crippen LogP contribution in [-0.2, 0) is 22.7 Å². The molecule has 1 unspecified atom stereocenters. The van der Waals surface area contributed by atoms with Crippen LogP contribution in [0.2, 0.25) is 0 Å². The molecular formula is C24H31FN2O3. The Balaban J connectivity index is 1.50. The van der Waals surface area contributed by atoms with Crippen molar-refractivity contribution in [2.45, 2.75) is 38.8 Å². The number of hydrogen-bond donors (Lipinski definition) is 1. The lowest BCUT2D eigenvalue weighted by molar-refractivity contribution is -0.116. The van der Waals surface area contributed by atoms with E-state index in [1.165, 1.54) is 11.6 Å². The van der Waals surface area contributed by atoms with Gasteiger partial charge in [-0.15, -0.1) is 0 Å². The molecule has 0 aliphatic carbocycles. The van der Waals surface area contributed by atoms with Crippen molar-refractivity contribution in [3.63, 3.8) is 0 Å². The number of nitrogens with zero attached hydrogens (tertiary/aromatic N) is 1. The van der Waals surface area contributed by atoms with Crippen molar-refractivity contribution in [2.24, 2.45) is 5.92 Å². The number of benzene rings is 2. The Morgan fingerprint density at radius 1 is 1.23 bits per heavy atom. The Morgan fingerprint density at radius 3 is 2.83 bits per heavy atom. The zero-order valence-corrected chi connectivity index (χ0v) is 17.8. The fraction of sp³-hybridized carbons (Fsp3) is 0.458. The summed E-state index contributed by atoms with van der Waals surface area (Å²) in [6.45, 7) is 3.43. The summed E-state index contributed by atoms with van der Waals surface area (Å²) >= 11 is 0. The van der Waals surface area contributed by atoms with E-state index in [2.05, 4.69) is 22.3 Å². The molecule has 162 valence electrons. The van der Waals surface area contributed by atoms with E-state index in [4.69, 9.17) is 9.47 Å². The van der Waals surface area contributed by atoms with Crippen LogP contribution in [0, 0.1) is 11.7 Å². The second-order valence-corrected chi connectivity index (χ2v) is 7.89. The SMILES string of the molecule is COCc1cc(CN2CCCC(CCC(=O)Nc3ccccc3F)C2)ccc1OC. The summed E-state index contributed by atoms with van der Waals surface area (Å²) in [5.74, 6) is 0.790. The van der Waals surface area contributed by atoms with Gasteiger partial charge in [-0.3, -0.25) is 9.69 Å². The van der Waals surface area contributed by atoms with Gasteiger partial charge in [-0.05, 0) is 61.6 Å². The van der Waals surface area contributed by atoms with Crippen LogP contribution in [0.1, 0.15) is 36.8 Å². The smallest absolute Gasteiger partial charge is 0.224 e. The first-order valence-corrected chi connectivity index (χ1v) is 10.5. The van der Waals surface area contributed by atoms with Gasteiger partial charge in [0.1, 0.15) is 11.6 Å². The van der Waals surface area contributed by atoms with Gasteiger partial charge in [0, 0.05) is 32.2 Å². The highest BCUT2D eigenvalue weighted by molar-refractivity contribution is 5.90. The van der Waals surface area contributed by atoms with Gasteiger partial charge in [0.05, 0.1) is 19.4 Å². The highest BCUT2D eigenvalue weighted by Gasteiger charge is 2.21. The van der Waals surface area contributed by atoms with Crippen LogP contribution in [0.25, 0.3) is 0 Å². The second kappa shape index (κ2) is 11.1. The molecule has 1 N–H and O–H groups in total. The summed E-state index contributed by atoms with van der Waals surface area (Å²) < 4.78 is 24.4.